The van der Waals surface area contributed by atoms with E-state index in [0.717, 1.165) is 5.56 Å². The molecule has 1 aromatic rings. The first kappa shape index (κ1) is 12.5. The van der Waals surface area contributed by atoms with E-state index in [0.29, 0.717) is 0 Å². The summed E-state index contributed by atoms with van der Waals surface area (Å²) in [6.07, 6.45) is 1.44. The Morgan fingerprint density at radius 1 is 1.38 bits per heavy atom. The Labute approximate surface area is 94.6 Å². The fraction of sp³-hybridized carbons (Fsp3) is 0.500. The number of carbonyl (C=O) groups is 2. The van der Waals surface area contributed by atoms with Crippen LogP contribution in [0, 0.1) is 18.8 Å². The van der Waals surface area contributed by atoms with Gasteiger partial charge in [-0.25, -0.2) is 0 Å². The first-order valence-corrected chi connectivity index (χ1v) is 5.15. The van der Waals surface area contributed by atoms with Gasteiger partial charge in [0.2, 0.25) is 5.78 Å². The summed E-state index contributed by atoms with van der Waals surface area (Å²) >= 11 is 0. The summed E-state index contributed by atoms with van der Waals surface area (Å²) in [5.41, 5.74) is 0.736. The molecule has 0 saturated carbocycles. The number of rotatable bonds is 4. The monoisotopic (exact) mass is 224 g/mol. The number of hydrogen-bond acceptors (Lipinski definition) is 4. The molecular formula is C12H16O4. The van der Waals surface area contributed by atoms with E-state index in [1.165, 1.54) is 13.4 Å². The van der Waals surface area contributed by atoms with E-state index in [1.54, 1.807) is 26.8 Å². The predicted octanol–water partition coefficient (Wildman–Crippen LogP) is 2.22. The Balaban J connectivity index is 3.01. The van der Waals surface area contributed by atoms with Gasteiger partial charge in [-0.2, -0.15) is 0 Å². The van der Waals surface area contributed by atoms with Crippen molar-refractivity contribution in [2.24, 2.45) is 11.8 Å². The van der Waals surface area contributed by atoms with Gasteiger partial charge in [0.25, 0.3) is 0 Å². The molecule has 0 aliphatic heterocycles. The maximum atomic E-state index is 12.1. The molecule has 16 heavy (non-hydrogen) atoms. The molecule has 4 heteroatoms. The number of aryl methyl sites for hydroxylation is 1. The van der Waals surface area contributed by atoms with E-state index < -0.39 is 11.9 Å². The number of methoxy groups -OCH3 is 1. The molecule has 0 spiro atoms. The molecule has 0 fully saturated rings. The van der Waals surface area contributed by atoms with Crippen LogP contribution in [0.4, 0.5) is 0 Å². The van der Waals surface area contributed by atoms with Crippen molar-refractivity contribution in [3.05, 3.63) is 23.7 Å². The van der Waals surface area contributed by atoms with Crippen molar-refractivity contribution in [3.8, 4) is 0 Å². The molecule has 0 radical (unpaired) electrons. The number of carbonyl (C=O) groups excluding carboxylic acids is 2. The second-order valence-corrected chi connectivity index (χ2v) is 4.04. The molecule has 0 N–H and O–H groups in total. The lowest BCUT2D eigenvalue weighted by atomic mass is 9.89. The number of Topliss-reactive ketones (excluding diaryl/α,β-unsaturated/α-hetero) is 1. The summed E-state index contributed by atoms with van der Waals surface area (Å²) in [4.78, 5) is 23.6. The van der Waals surface area contributed by atoms with Crippen molar-refractivity contribution in [1.82, 2.24) is 0 Å². The van der Waals surface area contributed by atoms with Gasteiger partial charge in [0.15, 0.2) is 5.76 Å². The van der Waals surface area contributed by atoms with Gasteiger partial charge in [0, 0.05) is 0 Å². The molecule has 1 aromatic heterocycles. The summed E-state index contributed by atoms with van der Waals surface area (Å²) in [7, 11) is 1.28. The van der Waals surface area contributed by atoms with Crippen LogP contribution in [-0.4, -0.2) is 18.9 Å². The van der Waals surface area contributed by atoms with Crippen molar-refractivity contribution in [3.63, 3.8) is 0 Å². The van der Waals surface area contributed by atoms with Gasteiger partial charge in [0.1, 0.15) is 5.92 Å². The van der Waals surface area contributed by atoms with E-state index >= 15 is 0 Å². The second kappa shape index (κ2) is 4.96. The molecule has 0 saturated heterocycles. The van der Waals surface area contributed by atoms with Crippen molar-refractivity contribution < 1.29 is 18.7 Å². The minimum atomic E-state index is -0.796. The summed E-state index contributed by atoms with van der Waals surface area (Å²) in [6.45, 7) is 5.38. The Morgan fingerprint density at radius 3 is 2.38 bits per heavy atom. The quantitative estimate of drug-likeness (QED) is 0.447. The molecular weight excluding hydrogens is 208 g/mol. The third-order valence-corrected chi connectivity index (χ3v) is 2.49. The summed E-state index contributed by atoms with van der Waals surface area (Å²) < 4.78 is 9.73. The van der Waals surface area contributed by atoms with Gasteiger partial charge in [-0.1, -0.05) is 13.8 Å². The molecule has 0 aromatic carbocycles. The minimum absolute atomic E-state index is 0.121. The van der Waals surface area contributed by atoms with Gasteiger partial charge in [-0.15, -0.1) is 0 Å². The maximum Gasteiger partial charge on any atom is 0.316 e. The van der Waals surface area contributed by atoms with Crippen molar-refractivity contribution in [1.29, 1.82) is 0 Å². The van der Waals surface area contributed by atoms with Crippen LogP contribution in [-0.2, 0) is 9.53 Å². The third kappa shape index (κ3) is 2.32. The highest BCUT2D eigenvalue weighted by molar-refractivity contribution is 6.07. The fourth-order valence-corrected chi connectivity index (χ4v) is 1.58. The maximum absolute atomic E-state index is 12.1. The van der Waals surface area contributed by atoms with Crippen LogP contribution in [0.1, 0.15) is 30.0 Å². The zero-order valence-corrected chi connectivity index (χ0v) is 9.94. The Kier molecular flexibility index (Phi) is 3.88. The average molecular weight is 224 g/mol. The van der Waals surface area contributed by atoms with Crippen LogP contribution in [0.15, 0.2) is 16.7 Å². The minimum Gasteiger partial charge on any atom is -0.468 e. The van der Waals surface area contributed by atoms with E-state index in [1.807, 2.05) is 0 Å². The molecule has 1 heterocycles. The normalized spacial score (nSPS) is 12.6. The van der Waals surface area contributed by atoms with Gasteiger partial charge >= 0.3 is 5.97 Å². The van der Waals surface area contributed by atoms with Crippen LogP contribution >= 0.6 is 0 Å². The number of hydrogen-bond donors (Lipinski definition) is 0. The number of esters is 1. The summed E-state index contributed by atoms with van der Waals surface area (Å²) in [5, 5.41) is 0. The highest BCUT2D eigenvalue weighted by Crippen LogP contribution is 2.21. The zero-order valence-electron chi connectivity index (χ0n) is 9.94. The highest BCUT2D eigenvalue weighted by atomic mass is 16.5. The lowest BCUT2D eigenvalue weighted by Crippen LogP contribution is -2.30. The number of ether oxygens (including phenoxy) is 1. The van der Waals surface area contributed by atoms with Crippen LogP contribution in [0.3, 0.4) is 0 Å². The molecule has 1 rings (SSSR count). The fourth-order valence-electron chi connectivity index (χ4n) is 1.58. The van der Waals surface area contributed by atoms with Gasteiger partial charge in [-0.3, -0.25) is 9.59 Å². The van der Waals surface area contributed by atoms with Gasteiger partial charge in [-0.05, 0) is 24.5 Å². The van der Waals surface area contributed by atoms with E-state index in [9.17, 15) is 9.59 Å². The molecule has 0 aliphatic rings. The largest absolute Gasteiger partial charge is 0.468 e. The highest BCUT2D eigenvalue weighted by Gasteiger charge is 2.33. The molecule has 0 aliphatic carbocycles. The van der Waals surface area contributed by atoms with Crippen LogP contribution < -0.4 is 0 Å². The molecule has 1 atom stereocenters. The van der Waals surface area contributed by atoms with Gasteiger partial charge < -0.3 is 9.15 Å². The molecule has 4 nitrogen and oxygen atoms in total. The first-order valence-electron chi connectivity index (χ1n) is 5.15. The van der Waals surface area contributed by atoms with Crippen molar-refractivity contribution in [2.45, 2.75) is 20.8 Å². The summed E-state index contributed by atoms with van der Waals surface area (Å²) in [5.74, 6) is -1.51. The lowest BCUT2D eigenvalue weighted by molar-refractivity contribution is -0.144. The Morgan fingerprint density at radius 2 is 2.00 bits per heavy atom. The average Bonchev–Trinajstić information content (AvgIpc) is 2.63. The standard InChI is InChI=1S/C12H16O4/c1-7(2)9(12(14)15-4)10(13)11-8(3)5-6-16-11/h5-7,9H,1-4H3. The van der Waals surface area contributed by atoms with Gasteiger partial charge in [0.05, 0.1) is 13.4 Å². The van der Waals surface area contributed by atoms with Crippen molar-refractivity contribution in [2.75, 3.05) is 7.11 Å². The molecule has 0 bridgehead atoms. The van der Waals surface area contributed by atoms with Crippen LogP contribution in [0.5, 0.6) is 0 Å². The third-order valence-electron chi connectivity index (χ3n) is 2.49. The molecule has 0 amide bonds. The van der Waals surface area contributed by atoms with E-state index in [2.05, 4.69) is 4.74 Å². The van der Waals surface area contributed by atoms with E-state index in [-0.39, 0.29) is 17.5 Å². The SMILES string of the molecule is COC(=O)C(C(=O)c1occc1C)C(C)C. The smallest absolute Gasteiger partial charge is 0.316 e. The summed E-state index contributed by atoms with van der Waals surface area (Å²) in [6, 6.07) is 1.70. The van der Waals surface area contributed by atoms with Crippen LogP contribution in [0.25, 0.3) is 0 Å². The zero-order chi connectivity index (χ0) is 12.3. The Bertz CT molecular complexity index is 389. The van der Waals surface area contributed by atoms with Crippen LogP contribution in [0.2, 0.25) is 0 Å². The topological polar surface area (TPSA) is 56.5 Å². The molecule has 88 valence electrons. The number of ketones is 1. The number of furan rings is 1. The van der Waals surface area contributed by atoms with E-state index in [4.69, 9.17) is 4.42 Å². The lowest BCUT2D eigenvalue weighted by Gasteiger charge is -2.15. The predicted molar refractivity (Wildman–Crippen MR) is 58.1 cm³/mol. The first-order chi connectivity index (χ1) is 7.49. The Hall–Kier alpha value is -1.58. The van der Waals surface area contributed by atoms with Crippen molar-refractivity contribution >= 4 is 11.8 Å². The molecule has 1 unspecified atom stereocenters. The second-order valence-electron chi connectivity index (χ2n) is 4.04.